The number of carbonyl (C=O) groups is 1. The van der Waals surface area contributed by atoms with Crippen LogP contribution in [0.5, 0.6) is 0 Å². The van der Waals surface area contributed by atoms with E-state index in [1.54, 1.807) is 17.5 Å². The first-order valence-electron chi connectivity index (χ1n) is 6.49. The van der Waals surface area contributed by atoms with E-state index < -0.39 is 0 Å². The molecule has 1 amide bonds. The molecule has 20 heavy (non-hydrogen) atoms. The van der Waals surface area contributed by atoms with Crippen LogP contribution in [0.3, 0.4) is 0 Å². The van der Waals surface area contributed by atoms with E-state index >= 15 is 0 Å². The number of halogens is 1. The number of aromatic nitrogens is 1. The first kappa shape index (κ1) is 13.8. The first-order valence-corrected chi connectivity index (χ1v) is 8.45. The molecular weight excluding hydrogens is 385 g/mol. The molecule has 1 aliphatic rings. The predicted octanol–water partition coefficient (Wildman–Crippen LogP) is 3.60. The monoisotopic (exact) mass is 399 g/mol. The van der Waals surface area contributed by atoms with Crippen molar-refractivity contribution in [3.05, 3.63) is 38.2 Å². The van der Waals surface area contributed by atoms with Gasteiger partial charge in [-0.05, 0) is 53.6 Å². The zero-order valence-corrected chi connectivity index (χ0v) is 13.8. The van der Waals surface area contributed by atoms with Gasteiger partial charge in [-0.3, -0.25) is 4.79 Å². The summed E-state index contributed by atoms with van der Waals surface area (Å²) in [4.78, 5) is 18.9. The number of hydrogen-bond donors (Lipinski definition) is 1. The van der Waals surface area contributed by atoms with Crippen molar-refractivity contribution in [2.24, 2.45) is 0 Å². The maximum Gasteiger partial charge on any atom is 0.256 e. The molecule has 3 heterocycles. The van der Waals surface area contributed by atoms with Gasteiger partial charge >= 0.3 is 0 Å². The fraction of sp³-hybridized carbons (Fsp3) is 0.286. The Morgan fingerprint density at radius 2 is 2.20 bits per heavy atom. The molecule has 6 heteroatoms. The van der Waals surface area contributed by atoms with Gasteiger partial charge < -0.3 is 10.2 Å². The van der Waals surface area contributed by atoms with E-state index in [9.17, 15) is 4.79 Å². The smallest absolute Gasteiger partial charge is 0.256 e. The first-order chi connectivity index (χ1) is 9.74. The fourth-order valence-electron chi connectivity index (χ4n) is 2.30. The number of nitrogens with zero attached hydrogens (tertiary/aromatic N) is 2. The average Bonchev–Trinajstić information content (AvgIpc) is 3.10. The summed E-state index contributed by atoms with van der Waals surface area (Å²) in [5, 5.41) is 4.86. The Morgan fingerprint density at radius 1 is 1.40 bits per heavy atom. The molecule has 1 fully saturated rings. The molecule has 0 aliphatic carbocycles. The van der Waals surface area contributed by atoms with Gasteiger partial charge in [0.05, 0.1) is 14.1 Å². The zero-order valence-electron chi connectivity index (χ0n) is 10.8. The van der Waals surface area contributed by atoms with Crippen molar-refractivity contribution in [1.29, 1.82) is 0 Å². The molecule has 0 unspecified atom stereocenters. The summed E-state index contributed by atoms with van der Waals surface area (Å²) in [7, 11) is 0. The van der Waals surface area contributed by atoms with Gasteiger partial charge in [0.15, 0.2) is 5.82 Å². The molecule has 2 aromatic rings. The Bertz CT molecular complexity index is 622. The lowest BCUT2D eigenvalue weighted by atomic mass is 10.3. The summed E-state index contributed by atoms with van der Waals surface area (Å²) in [5.74, 6) is 0.806. The van der Waals surface area contributed by atoms with Gasteiger partial charge in [-0.25, -0.2) is 4.98 Å². The Hall–Kier alpha value is -1.15. The van der Waals surface area contributed by atoms with Crippen LogP contribution in [-0.2, 0) is 0 Å². The van der Waals surface area contributed by atoms with Crippen LogP contribution in [0, 0.1) is 2.88 Å². The minimum absolute atomic E-state index is 0.0717. The van der Waals surface area contributed by atoms with Crippen LogP contribution in [0.25, 0.3) is 0 Å². The number of amides is 1. The zero-order chi connectivity index (χ0) is 13.9. The van der Waals surface area contributed by atoms with Crippen molar-refractivity contribution in [2.45, 2.75) is 12.8 Å². The molecule has 2 aromatic heterocycles. The third kappa shape index (κ3) is 2.95. The largest absolute Gasteiger partial charge is 0.355 e. The molecule has 1 saturated heterocycles. The summed E-state index contributed by atoms with van der Waals surface area (Å²) in [6.45, 7) is 2.02. The third-order valence-corrected chi connectivity index (χ3v) is 5.06. The highest BCUT2D eigenvalue weighted by Gasteiger charge is 2.18. The Morgan fingerprint density at radius 3 is 2.90 bits per heavy atom. The van der Waals surface area contributed by atoms with Crippen LogP contribution in [0.15, 0.2) is 29.8 Å². The van der Waals surface area contributed by atoms with E-state index in [4.69, 9.17) is 0 Å². The fourth-order valence-corrected chi connectivity index (χ4v) is 3.63. The summed E-state index contributed by atoms with van der Waals surface area (Å²) in [5.41, 5.74) is 1.50. The minimum atomic E-state index is -0.0717. The number of anilines is 2. The second-order valence-electron chi connectivity index (χ2n) is 4.66. The molecule has 1 aliphatic heterocycles. The van der Waals surface area contributed by atoms with E-state index in [1.165, 1.54) is 12.8 Å². The van der Waals surface area contributed by atoms with Crippen LogP contribution < -0.4 is 10.2 Å². The Labute approximate surface area is 135 Å². The number of nitrogens with one attached hydrogen (secondary N) is 1. The maximum atomic E-state index is 12.2. The van der Waals surface area contributed by atoms with Crippen LogP contribution in [0.2, 0.25) is 0 Å². The highest BCUT2D eigenvalue weighted by molar-refractivity contribution is 14.1. The van der Waals surface area contributed by atoms with Crippen molar-refractivity contribution in [3.63, 3.8) is 0 Å². The van der Waals surface area contributed by atoms with E-state index in [2.05, 4.69) is 37.8 Å². The summed E-state index contributed by atoms with van der Waals surface area (Å²) in [6.07, 6.45) is 4.15. The lowest BCUT2D eigenvalue weighted by molar-refractivity contribution is 0.102. The number of hydrogen-bond acceptors (Lipinski definition) is 4. The Balaban J connectivity index is 1.81. The van der Waals surface area contributed by atoms with E-state index in [1.807, 2.05) is 23.6 Å². The lowest BCUT2D eigenvalue weighted by Gasteiger charge is -2.19. The summed E-state index contributed by atoms with van der Waals surface area (Å²) in [6, 6.07) is 5.66. The van der Waals surface area contributed by atoms with Gasteiger partial charge in [-0.15, -0.1) is 11.3 Å². The van der Waals surface area contributed by atoms with Gasteiger partial charge in [0, 0.05) is 24.7 Å². The Kier molecular flexibility index (Phi) is 4.21. The molecule has 0 bridgehead atoms. The molecule has 0 spiro atoms. The summed E-state index contributed by atoms with van der Waals surface area (Å²) >= 11 is 3.79. The molecule has 0 aromatic carbocycles. The SMILES string of the molecule is O=C(Nc1cccnc1N1CCCC1)c1csc(I)c1. The van der Waals surface area contributed by atoms with Gasteiger partial charge in [-0.2, -0.15) is 0 Å². The van der Waals surface area contributed by atoms with Gasteiger partial charge in [-0.1, -0.05) is 0 Å². The van der Waals surface area contributed by atoms with Crippen molar-refractivity contribution in [3.8, 4) is 0 Å². The molecular formula is C14H14IN3OS. The average molecular weight is 399 g/mol. The van der Waals surface area contributed by atoms with Crippen molar-refractivity contribution < 1.29 is 4.79 Å². The molecule has 0 saturated carbocycles. The van der Waals surface area contributed by atoms with E-state index in [-0.39, 0.29) is 5.91 Å². The number of carbonyl (C=O) groups excluding carboxylic acids is 1. The molecule has 0 radical (unpaired) electrons. The molecule has 3 rings (SSSR count). The predicted molar refractivity (Wildman–Crippen MR) is 90.7 cm³/mol. The maximum absolute atomic E-state index is 12.2. The second-order valence-corrected chi connectivity index (χ2v) is 7.47. The van der Waals surface area contributed by atoms with Gasteiger partial charge in [0.25, 0.3) is 5.91 Å². The number of thiophene rings is 1. The topological polar surface area (TPSA) is 45.2 Å². The van der Waals surface area contributed by atoms with Crippen LogP contribution in [-0.4, -0.2) is 24.0 Å². The van der Waals surface area contributed by atoms with Crippen molar-refractivity contribution in [2.75, 3.05) is 23.3 Å². The van der Waals surface area contributed by atoms with Crippen molar-refractivity contribution >= 4 is 51.3 Å². The van der Waals surface area contributed by atoms with Crippen LogP contribution >= 0.6 is 33.9 Å². The van der Waals surface area contributed by atoms with E-state index in [0.717, 1.165) is 27.5 Å². The molecule has 4 nitrogen and oxygen atoms in total. The van der Waals surface area contributed by atoms with E-state index in [0.29, 0.717) is 5.56 Å². The summed E-state index contributed by atoms with van der Waals surface area (Å²) < 4.78 is 1.11. The lowest BCUT2D eigenvalue weighted by Crippen LogP contribution is -2.22. The quantitative estimate of drug-likeness (QED) is 0.803. The van der Waals surface area contributed by atoms with Crippen LogP contribution in [0.4, 0.5) is 11.5 Å². The molecule has 0 atom stereocenters. The molecule has 104 valence electrons. The number of pyridine rings is 1. The number of rotatable bonds is 3. The highest BCUT2D eigenvalue weighted by atomic mass is 127. The standard InChI is InChI=1S/C14H14IN3OS/c15-12-8-10(9-20-12)14(19)17-11-4-3-5-16-13(11)18-6-1-2-7-18/h3-5,8-9H,1-2,6-7H2,(H,17,19). The third-order valence-electron chi connectivity index (χ3n) is 3.27. The van der Waals surface area contributed by atoms with Gasteiger partial charge in [0.1, 0.15) is 0 Å². The van der Waals surface area contributed by atoms with Crippen molar-refractivity contribution in [1.82, 2.24) is 4.98 Å². The van der Waals surface area contributed by atoms with Crippen LogP contribution in [0.1, 0.15) is 23.2 Å². The second kappa shape index (κ2) is 6.09. The molecule has 1 N–H and O–H groups in total. The highest BCUT2D eigenvalue weighted by Crippen LogP contribution is 2.27. The minimum Gasteiger partial charge on any atom is -0.355 e. The normalized spacial score (nSPS) is 14.6. The van der Waals surface area contributed by atoms with Gasteiger partial charge in [0.2, 0.25) is 0 Å².